The number of nitrogens with zero attached hydrogens (tertiary/aromatic N) is 1. The van der Waals surface area contributed by atoms with Crippen LogP contribution in [0.3, 0.4) is 0 Å². The minimum Gasteiger partial charge on any atom is -0.350 e. The summed E-state index contributed by atoms with van der Waals surface area (Å²) >= 11 is 0. The van der Waals surface area contributed by atoms with Crippen LogP contribution in [0.15, 0.2) is 54.4 Å². The molecule has 0 aliphatic carbocycles. The van der Waals surface area contributed by atoms with E-state index < -0.39 is 7.14 Å². The van der Waals surface area contributed by atoms with E-state index in [1.165, 1.54) is 5.56 Å². The fourth-order valence-corrected chi connectivity index (χ4v) is 2.41. The molecule has 0 fully saturated rings. The van der Waals surface area contributed by atoms with E-state index in [0.29, 0.717) is 0 Å². The molecule has 1 aliphatic rings. The Hall–Kier alpha value is -1.27. The van der Waals surface area contributed by atoms with Crippen molar-refractivity contribution in [2.45, 2.75) is 6.54 Å². The maximum atomic E-state index is 11.6. The summed E-state index contributed by atoms with van der Waals surface area (Å²) in [5, 5.41) is 0. The Morgan fingerprint density at radius 1 is 1.13 bits per heavy atom. The first-order valence-corrected chi connectivity index (χ1v) is 7.20. The fourth-order valence-electron chi connectivity index (χ4n) is 1.44. The molecule has 2 nitrogen and oxygen atoms in total. The van der Waals surface area contributed by atoms with Crippen LogP contribution in [0.2, 0.25) is 0 Å². The van der Waals surface area contributed by atoms with Gasteiger partial charge in [-0.2, -0.15) is 0 Å². The van der Waals surface area contributed by atoms with E-state index >= 15 is 0 Å². The van der Waals surface area contributed by atoms with E-state index in [9.17, 15) is 4.57 Å². The molecule has 0 N–H and O–H groups in total. The van der Waals surface area contributed by atoms with Gasteiger partial charge in [-0.05, 0) is 23.9 Å². The van der Waals surface area contributed by atoms with E-state index in [4.69, 9.17) is 0 Å². The zero-order chi connectivity index (χ0) is 10.7. The van der Waals surface area contributed by atoms with Gasteiger partial charge >= 0.3 is 0 Å². The molecule has 0 amide bonds. The van der Waals surface area contributed by atoms with Crippen molar-refractivity contribution in [3.63, 3.8) is 0 Å². The lowest BCUT2D eigenvalue weighted by atomic mass is 10.2. The highest BCUT2D eigenvalue weighted by molar-refractivity contribution is 7.69. The lowest BCUT2D eigenvalue weighted by Crippen LogP contribution is -2.10. The summed E-state index contributed by atoms with van der Waals surface area (Å²) in [6.07, 6.45) is 3.79. The number of benzene rings is 1. The molecule has 0 aromatic heterocycles. The molecule has 0 saturated carbocycles. The molecule has 0 saturated heterocycles. The van der Waals surface area contributed by atoms with Crippen molar-refractivity contribution in [2.75, 3.05) is 6.66 Å². The molecular formula is C12H14NOP. The standard InChI is InChI=1S/C12H14NOP/c1-15(14)9-7-13(8-10-15)11-12-5-3-2-4-6-12/h2-10H,11H2,1H3. The average molecular weight is 219 g/mol. The van der Waals surface area contributed by atoms with Gasteiger partial charge in [0.05, 0.1) is 0 Å². The minimum absolute atomic E-state index is 0.827. The van der Waals surface area contributed by atoms with Crippen LogP contribution in [-0.2, 0) is 11.1 Å². The van der Waals surface area contributed by atoms with Crippen LogP contribution in [0.25, 0.3) is 0 Å². The zero-order valence-electron chi connectivity index (χ0n) is 8.71. The van der Waals surface area contributed by atoms with Gasteiger partial charge in [0.15, 0.2) is 0 Å². The van der Waals surface area contributed by atoms with Crippen LogP contribution in [0, 0.1) is 0 Å². The molecular weight excluding hydrogens is 205 g/mol. The normalized spacial score (nSPS) is 18.1. The van der Waals surface area contributed by atoms with Crippen molar-refractivity contribution in [1.82, 2.24) is 4.90 Å². The van der Waals surface area contributed by atoms with Gasteiger partial charge in [0.1, 0.15) is 7.14 Å². The molecule has 1 aromatic rings. The van der Waals surface area contributed by atoms with Crippen LogP contribution in [-0.4, -0.2) is 11.6 Å². The Labute approximate surface area is 90.3 Å². The van der Waals surface area contributed by atoms with E-state index in [1.54, 1.807) is 18.3 Å². The summed E-state index contributed by atoms with van der Waals surface area (Å²) in [5.41, 5.74) is 1.25. The quantitative estimate of drug-likeness (QED) is 0.710. The van der Waals surface area contributed by atoms with Gasteiger partial charge in [-0.1, -0.05) is 30.3 Å². The third-order valence-electron chi connectivity index (χ3n) is 2.32. The monoisotopic (exact) mass is 219 g/mol. The smallest absolute Gasteiger partial charge is 0.129 e. The van der Waals surface area contributed by atoms with E-state index in [1.807, 2.05) is 35.5 Å². The minimum atomic E-state index is -2.13. The second-order valence-electron chi connectivity index (χ2n) is 3.81. The highest BCUT2D eigenvalue weighted by Gasteiger charge is 2.11. The van der Waals surface area contributed by atoms with Gasteiger partial charge in [-0.15, -0.1) is 0 Å². The Morgan fingerprint density at radius 2 is 1.73 bits per heavy atom. The van der Waals surface area contributed by atoms with Crippen LogP contribution in [0.1, 0.15) is 5.56 Å². The number of hydrogen-bond donors (Lipinski definition) is 0. The maximum absolute atomic E-state index is 11.6. The second kappa shape index (κ2) is 4.08. The summed E-state index contributed by atoms with van der Waals surface area (Å²) in [4.78, 5) is 2.04. The Balaban J connectivity index is 2.05. The van der Waals surface area contributed by atoms with Gasteiger partial charge < -0.3 is 9.46 Å². The first-order valence-electron chi connectivity index (χ1n) is 4.91. The van der Waals surface area contributed by atoms with Gasteiger partial charge in [-0.3, -0.25) is 0 Å². The molecule has 1 aliphatic heterocycles. The summed E-state index contributed by atoms with van der Waals surface area (Å²) in [5.74, 6) is 3.58. The topological polar surface area (TPSA) is 20.3 Å². The van der Waals surface area contributed by atoms with Gasteiger partial charge in [0, 0.05) is 18.9 Å². The predicted molar refractivity (Wildman–Crippen MR) is 63.8 cm³/mol. The molecule has 0 spiro atoms. The summed E-state index contributed by atoms with van der Waals surface area (Å²) < 4.78 is 11.6. The highest BCUT2D eigenvalue weighted by atomic mass is 31.2. The van der Waals surface area contributed by atoms with Crippen molar-refractivity contribution in [3.8, 4) is 0 Å². The summed E-state index contributed by atoms with van der Waals surface area (Å²) in [7, 11) is -2.13. The van der Waals surface area contributed by atoms with Crippen LogP contribution in [0.5, 0.6) is 0 Å². The lowest BCUT2D eigenvalue weighted by Gasteiger charge is -2.20. The van der Waals surface area contributed by atoms with E-state index in [-0.39, 0.29) is 0 Å². The zero-order valence-corrected chi connectivity index (χ0v) is 9.60. The maximum Gasteiger partial charge on any atom is 0.129 e. The summed E-state index contributed by atoms with van der Waals surface area (Å²) in [6.45, 7) is 2.59. The van der Waals surface area contributed by atoms with Crippen molar-refractivity contribution >= 4 is 7.14 Å². The van der Waals surface area contributed by atoms with E-state index in [2.05, 4.69) is 12.1 Å². The number of hydrogen-bond acceptors (Lipinski definition) is 2. The summed E-state index contributed by atoms with van der Waals surface area (Å²) in [6, 6.07) is 10.2. The molecule has 3 heteroatoms. The van der Waals surface area contributed by atoms with Gasteiger partial charge in [0.25, 0.3) is 0 Å². The first-order chi connectivity index (χ1) is 7.16. The molecule has 15 heavy (non-hydrogen) atoms. The molecule has 0 atom stereocenters. The fraction of sp³-hybridized carbons (Fsp3) is 0.167. The Morgan fingerprint density at radius 3 is 2.33 bits per heavy atom. The molecule has 0 radical (unpaired) electrons. The Bertz CT molecular complexity index is 418. The van der Waals surface area contributed by atoms with Crippen LogP contribution in [0.4, 0.5) is 0 Å². The van der Waals surface area contributed by atoms with Gasteiger partial charge in [0.2, 0.25) is 0 Å². The highest BCUT2D eigenvalue weighted by Crippen LogP contribution is 2.46. The number of rotatable bonds is 2. The Kier molecular flexibility index (Phi) is 2.79. The molecule has 0 bridgehead atoms. The van der Waals surface area contributed by atoms with Crippen molar-refractivity contribution in [2.24, 2.45) is 0 Å². The predicted octanol–water partition coefficient (Wildman–Crippen LogP) is 3.44. The lowest BCUT2D eigenvalue weighted by molar-refractivity contribution is 0.498. The second-order valence-corrected chi connectivity index (χ2v) is 6.53. The SMILES string of the molecule is CP1(=O)C=CN(Cc2ccccc2)C=C1. The third kappa shape index (κ3) is 2.84. The average Bonchev–Trinajstić information content (AvgIpc) is 2.23. The molecule has 1 aromatic carbocycles. The largest absolute Gasteiger partial charge is 0.350 e. The third-order valence-corrected chi connectivity index (χ3v) is 3.77. The molecule has 1 heterocycles. The van der Waals surface area contributed by atoms with E-state index in [0.717, 1.165) is 6.54 Å². The first kappa shape index (κ1) is 10.3. The van der Waals surface area contributed by atoms with Crippen molar-refractivity contribution in [3.05, 3.63) is 59.9 Å². The molecule has 2 rings (SSSR count). The van der Waals surface area contributed by atoms with Crippen LogP contribution >= 0.6 is 7.14 Å². The molecule has 0 unspecified atom stereocenters. The molecule has 78 valence electrons. The van der Waals surface area contributed by atoms with Gasteiger partial charge in [-0.25, -0.2) is 0 Å². The van der Waals surface area contributed by atoms with Crippen molar-refractivity contribution < 1.29 is 4.57 Å². The van der Waals surface area contributed by atoms with Crippen molar-refractivity contribution in [1.29, 1.82) is 0 Å². The van der Waals surface area contributed by atoms with Crippen LogP contribution < -0.4 is 0 Å².